The zero-order valence-corrected chi connectivity index (χ0v) is 15.4. The molecule has 0 saturated heterocycles. The SMILES string of the molecule is Cc1ccc(NC(=O)[C@@H](C)Oc2ccc(C(C)(C)C)cc2)c(C)c1. The average molecular weight is 325 g/mol. The molecule has 2 rings (SSSR count). The molecule has 0 heterocycles. The monoisotopic (exact) mass is 325 g/mol. The minimum Gasteiger partial charge on any atom is -0.481 e. The van der Waals surface area contributed by atoms with Crippen molar-refractivity contribution in [3.63, 3.8) is 0 Å². The summed E-state index contributed by atoms with van der Waals surface area (Å²) in [7, 11) is 0. The van der Waals surface area contributed by atoms with Crippen LogP contribution in [0.1, 0.15) is 44.4 Å². The van der Waals surface area contributed by atoms with Crippen LogP contribution >= 0.6 is 0 Å². The van der Waals surface area contributed by atoms with E-state index in [1.54, 1.807) is 6.92 Å². The van der Waals surface area contributed by atoms with Crippen LogP contribution in [0.3, 0.4) is 0 Å². The molecule has 1 N–H and O–H groups in total. The zero-order chi connectivity index (χ0) is 17.9. The molecule has 1 atom stereocenters. The fourth-order valence-corrected chi connectivity index (χ4v) is 2.48. The van der Waals surface area contributed by atoms with Crippen LogP contribution in [0.2, 0.25) is 0 Å². The first-order valence-electron chi connectivity index (χ1n) is 8.32. The smallest absolute Gasteiger partial charge is 0.265 e. The van der Waals surface area contributed by atoms with Crippen molar-refractivity contribution in [3.05, 3.63) is 59.2 Å². The highest BCUT2D eigenvalue weighted by molar-refractivity contribution is 5.94. The van der Waals surface area contributed by atoms with Crippen LogP contribution in [-0.4, -0.2) is 12.0 Å². The largest absolute Gasteiger partial charge is 0.481 e. The van der Waals surface area contributed by atoms with E-state index in [4.69, 9.17) is 4.74 Å². The molecule has 0 radical (unpaired) electrons. The number of ether oxygens (including phenoxy) is 1. The fourth-order valence-electron chi connectivity index (χ4n) is 2.48. The summed E-state index contributed by atoms with van der Waals surface area (Å²) < 4.78 is 5.77. The molecule has 2 aromatic carbocycles. The maximum absolute atomic E-state index is 12.3. The van der Waals surface area contributed by atoms with E-state index >= 15 is 0 Å². The van der Waals surface area contributed by atoms with Crippen LogP contribution in [0.15, 0.2) is 42.5 Å². The van der Waals surface area contributed by atoms with E-state index in [0.29, 0.717) is 5.75 Å². The van der Waals surface area contributed by atoms with Gasteiger partial charge in [0.05, 0.1) is 0 Å². The number of carbonyl (C=O) groups is 1. The minimum atomic E-state index is -0.564. The summed E-state index contributed by atoms with van der Waals surface area (Å²) in [5.74, 6) is 0.549. The third-order valence-electron chi connectivity index (χ3n) is 4.04. The molecule has 128 valence electrons. The molecule has 0 unspecified atom stereocenters. The molecule has 0 aliphatic heterocycles. The number of hydrogen-bond donors (Lipinski definition) is 1. The van der Waals surface area contributed by atoms with Crippen LogP contribution in [0, 0.1) is 13.8 Å². The first kappa shape index (κ1) is 18.1. The number of nitrogens with one attached hydrogen (secondary N) is 1. The quantitative estimate of drug-likeness (QED) is 0.858. The summed E-state index contributed by atoms with van der Waals surface area (Å²) in [5, 5.41) is 2.93. The molecule has 0 spiro atoms. The Labute approximate surface area is 145 Å². The van der Waals surface area contributed by atoms with Crippen molar-refractivity contribution in [1.29, 1.82) is 0 Å². The van der Waals surface area contributed by atoms with Gasteiger partial charge in [-0.3, -0.25) is 4.79 Å². The van der Waals surface area contributed by atoms with Crippen molar-refractivity contribution in [3.8, 4) is 5.75 Å². The van der Waals surface area contributed by atoms with Gasteiger partial charge in [0.2, 0.25) is 0 Å². The van der Waals surface area contributed by atoms with E-state index in [-0.39, 0.29) is 11.3 Å². The molecule has 0 aliphatic carbocycles. The lowest BCUT2D eigenvalue weighted by atomic mass is 9.87. The highest BCUT2D eigenvalue weighted by atomic mass is 16.5. The lowest BCUT2D eigenvalue weighted by Gasteiger charge is -2.20. The van der Waals surface area contributed by atoms with Gasteiger partial charge in [-0.25, -0.2) is 0 Å². The Kier molecular flexibility index (Phi) is 5.33. The second-order valence-corrected chi connectivity index (χ2v) is 7.34. The first-order chi connectivity index (χ1) is 11.2. The lowest BCUT2D eigenvalue weighted by Crippen LogP contribution is -2.30. The number of anilines is 1. The molecule has 24 heavy (non-hydrogen) atoms. The molecule has 0 aliphatic rings. The van der Waals surface area contributed by atoms with Gasteiger partial charge in [-0.05, 0) is 55.5 Å². The zero-order valence-electron chi connectivity index (χ0n) is 15.4. The summed E-state index contributed by atoms with van der Waals surface area (Å²) in [4.78, 5) is 12.3. The Morgan fingerprint density at radius 1 is 1.04 bits per heavy atom. The molecule has 0 aromatic heterocycles. The third kappa shape index (κ3) is 4.60. The van der Waals surface area contributed by atoms with Gasteiger partial charge in [0.15, 0.2) is 6.10 Å². The van der Waals surface area contributed by atoms with Crippen LogP contribution in [0.4, 0.5) is 5.69 Å². The average Bonchev–Trinajstić information content (AvgIpc) is 2.49. The van der Waals surface area contributed by atoms with Gasteiger partial charge in [0.1, 0.15) is 5.75 Å². The molecule has 0 bridgehead atoms. The number of aryl methyl sites for hydroxylation is 2. The second kappa shape index (κ2) is 7.08. The van der Waals surface area contributed by atoms with Crippen molar-refractivity contribution in [2.24, 2.45) is 0 Å². The Bertz CT molecular complexity index is 712. The van der Waals surface area contributed by atoms with Gasteiger partial charge in [0, 0.05) is 5.69 Å². The van der Waals surface area contributed by atoms with Gasteiger partial charge in [-0.1, -0.05) is 50.6 Å². The Morgan fingerprint density at radius 3 is 2.21 bits per heavy atom. The normalized spacial score (nSPS) is 12.6. The van der Waals surface area contributed by atoms with Crippen molar-refractivity contribution in [1.82, 2.24) is 0 Å². The molecular weight excluding hydrogens is 298 g/mol. The topological polar surface area (TPSA) is 38.3 Å². The van der Waals surface area contributed by atoms with Crippen molar-refractivity contribution < 1.29 is 9.53 Å². The van der Waals surface area contributed by atoms with Gasteiger partial charge in [-0.15, -0.1) is 0 Å². The van der Waals surface area contributed by atoms with Gasteiger partial charge in [-0.2, -0.15) is 0 Å². The van der Waals surface area contributed by atoms with E-state index in [1.807, 2.05) is 56.3 Å². The highest BCUT2D eigenvalue weighted by Gasteiger charge is 2.17. The highest BCUT2D eigenvalue weighted by Crippen LogP contribution is 2.25. The molecular formula is C21H27NO2. The number of carbonyl (C=O) groups excluding carboxylic acids is 1. The van der Waals surface area contributed by atoms with Crippen molar-refractivity contribution in [2.75, 3.05) is 5.32 Å². The van der Waals surface area contributed by atoms with E-state index < -0.39 is 6.10 Å². The fraction of sp³-hybridized carbons (Fsp3) is 0.381. The van der Waals surface area contributed by atoms with Gasteiger partial charge < -0.3 is 10.1 Å². The molecule has 3 nitrogen and oxygen atoms in total. The van der Waals surface area contributed by atoms with E-state index in [1.165, 1.54) is 11.1 Å². The van der Waals surface area contributed by atoms with Crippen LogP contribution in [0.5, 0.6) is 5.75 Å². The number of benzene rings is 2. The van der Waals surface area contributed by atoms with E-state index in [2.05, 4.69) is 26.1 Å². The van der Waals surface area contributed by atoms with Crippen LogP contribution in [0.25, 0.3) is 0 Å². The van der Waals surface area contributed by atoms with E-state index in [0.717, 1.165) is 11.3 Å². The first-order valence-corrected chi connectivity index (χ1v) is 8.32. The minimum absolute atomic E-state index is 0.102. The Morgan fingerprint density at radius 2 is 1.67 bits per heavy atom. The van der Waals surface area contributed by atoms with Gasteiger partial charge >= 0.3 is 0 Å². The maximum atomic E-state index is 12.3. The standard InChI is InChI=1S/C21H27NO2/c1-14-7-12-19(15(2)13-14)22-20(23)16(3)24-18-10-8-17(9-11-18)21(4,5)6/h7-13,16H,1-6H3,(H,22,23)/t16-/m1/s1. The summed E-state index contributed by atoms with van der Waals surface area (Å²) in [5.41, 5.74) is 4.38. The number of amides is 1. The number of hydrogen-bond acceptors (Lipinski definition) is 2. The Hall–Kier alpha value is -2.29. The molecule has 1 amide bonds. The molecule has 2 aromatic rings. The van der Waals surface area contributed by atoms with Gasteiger partial charge in [0.25, 0.3) is 5.91 Å². The van der Waals surface area contributed by atoms with E-state index in [9.17, 15) is 4.79 Å². The third-order valence-corrected chi connectivity index (χ3v) is 4.04. The molecule has 3 heteroatoms. The maximum Gasteiger partial charge on any atom is 0.265 e. The van der Waals surface area contributed by atoms with Crippen LogP contribution < -0.4 is 10.1 Å². The van der Waals surface area contributed by atoms with Crippen molar-refractivity contribution in [2.45, 2.75) is 53.1 Å². The predicted octanol–water partition coefficient (Wildman–Crippen LogP) is 5.01. The lowest BCUT2D eigenvalue weighted by molar-refractivity contribution is -0.122. The molecule has 0 fully saturated rings. The van der Waals surface area contributed by atoms with Crippen LogP contribution in [-0.2, 0) is 10.2 Å². The summed E-state index contributed by atoms with van der Waals surface area (Å²) in [6.07, 6.45) is -0.564. The predicted molar refractivity (Wildman–Crippen MR) is 99.8 cm³/mol. The summed E-state index contributed by atoms with van der Waals surface area (Å²) >= 11 is 0. The molecule has 0 saturated carbocycles. The van der Waals surface area contributed by atoms with Crippen molar-refractivity contribution >= 4 is 11.6 Å². The summed E-state index contributed by atoms with van der Waals surface area (Å²) in [6, 6.07) is 13.9. The summed E-state index contributed by atoms with van der Waals surface area (Å²) in [6.45, 7) is 12.3. The Balaban J connectivity index is 2.01. The second-order valence-electron chi connectivity index (χ2n) is 7.34. The number of rotatable bonds is 4.